The molecule has 3 aromatic rings. The monoisotopic (exact) mass is 391 g/mol. The average molecular weight is 392 g/mol. The number of nitriles is 1. The summed E-state index contributed by atoms with van der Waals surface area (Å²) in [6.45, 7) is 4.32. The minimum absolute atomic E-state index is 0.253. The van der Waals surface area contributed by atoms with E-state index in [1.165, 1.54) is 5.56 Å². The van der Waals surface area contributed by atoms with Crippen LogP contribution < -0.4 is 5.73 Å². The standard InChI is InChI=1S/C21H18BrN3/c1-13(2)14-6-8-15(9-7-14)18-11-20(25-21(24)19(18)12-23)16-4-3-5-17(22)10-16/h3-11,13H,1-2H3,(H2,24,25). The van der Waals surface area contributed by atoms with E-state index in [1.807, 2.05) is 42.5 Å². The first-order chi connectivity index (χ1) is 12.0. The van der Waals surface area contributed by atoms with Gasteiger partial charge in [0.2, 0.25) is 0 Å². The van der Waals surface area contributed by atoms with Gasteiger partial charge in [-0.3, -0.25) is 0 Å². The van der Waals surface area contributed by atoms with Crippen LogP contribution in [0.1, 0.15) is 30.9 Å². The van der Waals surface area contributed by atoms with Crippen LogP contribution in [0, 0.1) is 11.3 Å². The van der Waals surface area contributed by atoms with Gasteiger partial charge in [0, 0.05) is 15.6 Å². The molecule has 124 valence electrons. The number of anilines is 1. The van der Waals surface area contributed by atoms with Gasteiger partial charge in [0.25, 0.3) is 0 Å². The van der Waals surface area contributed by atoms with E-state index in [-0.39, 0.29) is 5.82 Å². The van der Waals surface area contributed by atoms with Crippen LogP contribution in [0.5, 0.6) is 0 Å². The van der Waals surface area contributed by atoms with E-state index in [2.05, 4.69) is 53.0 Å². The first-order valence-corrected chi connectivity index (χ1v) is 8.85. The highest BCUT2D eigenvalue weighted by molar-refractivity contribution is 9.10. The Bertz CT molecular complexity index is 954. The Morgan fingerprint density at radius 2 is 1.76 bits per heavy atom. The molecule has 0 saturated heterocycles. The summed E-state index contributed by atoms with van der Waals surface area (Å²) in [6.07, 6.45) is 0. The van der Waals surface area contributed by atoms with Crippen molar-refractivity contribution >= 4 is 21.7 Å². The highest BCUT2D eigenvalue weighted by atomic mass is 79.9. The van der Waals surface area contributed by atoms with Crippen molar-refractivity contribution in [3.05, 3.63) is 70.2 Å². The molecule has 0 aliphatic rings. The normalized spacial score (nSPS) is 10.7. The smallest absolute Gasteiger partial charge is 0.142 e. The van der Waals surface area contributed by atoms with E-state index in [1.54, 1.807) is 0 Å². The average Bonchev–Trinajstić information content (AvgIpc) is 2.61. The number of hydrogen-bond donors (Lipinski definition) is 1. The van der Waals surface area contributed by atoms with Crippen molar-refractivity contribution in [1.29, 1.82) is 5.26 Å². The first-order valence-electron chi connectivity index (χ1n) is 8.06. The number of aromatic nitrogens is 1. The number of pyridine rings is 1. The van der Waals surface area contributed by atoms with Crippen molar-refractivity contribution in [2.24, 2.45) is 0 Å². The molecule has 3 nitrogen and oxygen atoms in total. The Kier molecular flexibility index (Phi) is 4.87. The predicted molar refractivity (Wildman–Crippen MR) is 106 cm³/mol. The summed E-state index contributed by atoms with van der Waals surface area (Å²) in [5, 5.41) is 9.53. The zero-order chi connectivity index (χ0) is 18.0. The van der Waals surface area contributed by atoms with Crippen LogP contribution in [0.15, 0.2) is 59.1 Å². The zero-order valence-electron chi connectivity index (χ0n) is 14.1. The minimum Gasteiger partial charge on any atom is -0.383 e. The quantitative estimate of drug-likeness (QED) is 0.617. The Hall–Kier alpha value is -2.64. The molecule has 2 N–H and O–H groups in total. The summed E-state index contributed by atoms with van der Waals surface area (Å²) in [5.41, 5.74) is 11.2. The number of nitrogen functional groups attached to an aromatic ring is 1. The molecule has 4 heteroatoms. The van der Waals surface area contributed by atoms with Crippen LogP contribution in [-0.2, 0) is 0 Å². The predicted octanol–water partition coefficient (Wildman–Crippen LogP) is 5.76. The van der Waals surface area contributed by atoms with E-state index in [0.29, 0.717) is 11.5 Å². The molecule has 3 rings (SSSR count). The third-order valence-corrected chi connectivity index (χ3v) is 4.66. The highest BCUT2D eigenvalue weighted by Gasteiger charge is 2.14. The van der Waals surface area contributed by atoms with Crippen LogP contribution >= 0.6 is 15.9 Å². The lowest BCUT2D eigenvalue weighted by Gasteiger charge is -2.12. The Balaban J connectivity index is 2.16. The second-order valence-corrected chi connectivity index (χ2v) is 7.13. The third-order valence-electron chi connectivity index (χ3n) is 4.17. The fourth-order valence-corrected chi connectivity index (χ4v) is 3.15. The number of rotatable bonds is 3. The fourth-order valence-electron chi connectivity index (χ4n) is 2.75. The molecule has 0 atom stereocenters. The van der Waals surface area contributed by atoms with Crippen molar-refractivity contribution in [1.82, 2.24) is 4.98 Å². The molecule has 0 unspecified atom stereocenters. The van der Waals surface area contributed by atoms with Crippen LogP contribution in [0.2, 0.25) is 0 Å². The van der Waals surface area contributed by atoms with Crippen molar-refractivity contribution in [2.45, 2.75) is 19.8 Å². The first kappa shape index (κ1) is 17.2. The second-order valence-electron chi connectivity index (χ2n) is 6.21. The number of halogens is 1. The molecule has 0 bridgehead atoms. The van der Waals surface area contributed by atoms with Gasteiger partial charge >= 0.3 is 0 Å². The van der Waals surface area contributed by atoms with Gasteiger partial charge in [-0.1, -0.05) is 66.2 Å². The SMILES string of the molecule is CC(C)c1ccc(-c2cc(-c3cccc(Br)c3)nc(N)c2C#N)cc1. The number of hydrogen-bond acceptors (Lipinski definition) is 3. The van der Waals surface area contributed by atoms with Gasteiger partial charge in [-0.2, -0.15) is 5.26 Å². The van der Waals surface area contributed by atoms with E-state index in [0.717, 1.165) is 26.9 Å². The fraction of sp³-hybridized carbons (Fsp3) is 0.143. The molecule has 0 spiro atoms. The lowest BCUT2D eigenvalue weighted by atomic mass is 9.95. The van der Waals surface area contributed by atoms with Crippen molar-refractivity contribution in [3.8, 4) is 28.5 Å². The van der Waals surface area contributed by atoms with Gasteiger partial charge in [-0.25, -0.2) is 4.98 Å². The summed E-state index contributed by atoms with van der Waals surface area (Å²) < 4.78 is 0.970. The summed E-state index contributed by atoms with van der Waals surface area (Å²) in [5.74, 6) is 0.715. The zero-order valence-corrected chi connectivity index (χ0v) is 15.7. The van der Waals surface area contributed by atoms with Gasteiger partial charge in [-0.15, -0.1) is 0 Å². The summed E-state index contributed by atoms with van der Waals surface area (Å²) in [4.78, 5) is 4.42. The van der Waals surface area contributed by atoms with Gasteiger partial charge in [0.15, 0.2) is 0 Å². The molecule has 0 aliphatic carbocycles. The Labute approximate surface area is 156 Å². The molecule has 0 saturated carbocycles. The Morgan fingerprint density at radius 3 is 2.36 bits per heavy atom. The second kappa shape index (κ2) is 7.08. The molecular weight excluding hydrogens is 374 g/mol. The van der Waals surface area contributed by atoms with Crippen molar-refractivity contribution in [3.63, 3.8) is 0 Å². The molecule has 1 aromatic heterocycles. The number of nitrogens with two attached hydrogens (primary N) is 1. The molecule has 0 amide bonds. The molecule has 0 radical (unpaired) electrons. The van der Waals surface area contributed by atoms with Gasteiger partial charge < -0.3 is 5.73 Å². The van der Waals surface area contributed by atoms with Gasteiger partial charge in [0.05, 0.1) is 5.69 Å². The maximum Gasteiger partial charge on any atom is 0.142 e. The topological polar surface area (TPSA) is 62.7 Å². The number of benzene rings is 2. The molecule has 2 aromatic carbocycles. The number of nitrogens with zero attached hydrogens (tertiary/aromatic N) is 2. The van der Waals surface area contributed by atoms with E-state index in [4.69, 9.17) is 5.73 Å². The summed E-state index contributed by atoms with van der Waals surface area (Å²) in [6, 6.07) is 20.3. The lowest BCUT2D eigenvalue weighted by molar-refractivity contribution is 0.867. The van der Waals surface area contributed by atoms with Crippen LogP contribution in [0.4, 0.5) is 5.82 Å². The van der Waals surface area contributed by atoms with Gasteiger partial charge in [-0.05, 0) is 35.2 Å². The lowest BCUT2D eigenvalue weighted by Crippen LogP contribution is -2.00. The summed E-state index contributed by atoms with van der Waals surface area (Å²) in [7, 11) is 0. The van der Waals surface area contributed by atoms with Crippen LogP contribution in [0.25, 0.3) is 22.4 Å². The van der Waals surface area contributed by atoms with Crippen molar-refractivity contribution in [2.75, 3.05) is 5.73 Å². The Morgan fingerprint density at radius 1 is 1.04 bits per heavy atom. The van der Waals surface area contributed by atoms with Gasteiger partial charge in [0.1, 0.15) is 17.5 Å². The molecule has 0 aliphatic heterocycles. The van der Waals surface area contributed by atoms with Crippen molar-refractivity contribution < 1.29 is 0 Å². The minimum atomic E-state index is 0.253. The molecule has 25 heavy (non-hydrogen) atoms. The maximum atomic E-state index is 9.53. The molecule has 0 fully saturated rings. The molecular formula is C21H18BrN3. The summed E-state index contributed by atoms with van der Waals surface area (Å²) >= 11 is 3.48. The van der Waals surface area contributed by atoms with Crippen LogP contribution in [0.3, 0.4) is 0 Å². The van der Waals surface area contributed by atoms with E-state index in [9.17, 15) is 5.26 Å². The van der Waals surface area contributed by atoms with E-state index >= 15 is 0 Å². The largest absolute Gasteiger partial charge is 0.383 e. The molecule has 1 heterocycles. The maximum absolute atomic E-state index is 9.53. The van der Waals surface area contributed by atoms with Crippen LogP contribution in [-0.4, -0.2) is 4.98 Å². The van der Waals surface area contributed by atoms with E-state index < -0.39 is 0 Å². The highest BCUT2D eigenvalue weighted by Crippen LogP contribution is 2.32. The third kappa shape index (κ3) is 3.57.